The van der Waals surface area contributed by atoms with Crippen LogP contribution in [0.1, 0.15) is 30.1 Å². The van der Waals surface area contributed by atoms with Crippen LogP contribution >= 0.6 is 0 Å². The molecule has 0 aliphatic rings. The van der Waals surface area contributed by atoms with Gasteiger partial charge in [0, 0.05) is 7.05 Å². The summed E-state index contributed by atoms with van der Waals surface area (Å²) >= 11 is 0. The molecule has 20 heavy (non-hydrogen) atoms. The van der Waals surface area contributed by atoms with Gasteiger partial charge in [0.15, 0.2) is 0 Å². The van der Waals surface area contributed by atoms with Crippen molar-refractivity contribution >= 4 is 5.91 Å². The minimum atomic E-state index is -0.618. The molecule has 2 unspecified atom stereocenters. The third kappa shape index (κ3) is 3.06. The quantitative estimate of drug-likeness (QED) is 0.926. The predicted octanol–water partition coefficient (Wildman–Crippen LogP) is 2.91. The maximum Gasteiger partial charge on any atom is 0.244 e. The molecule has 2 rings (SSSR count). The van der Waals surface area contributed by atoms with Gasteiger partial charge < -0.3 is 10.6 Å². The number of hydrogen-bond donors (Lipinski definition) is 1. The molecule has 0 heterocycles. The zero-order valence-electron chi connectivity index (χ0n) is 11.9. The first kappa shape index (κ1) is 14.3. The first-order chi connectivity index (χ1) is 9.61. The Labute approximate surface area is 120 Å². The van der Waals surface area contributed by atoms with Crippen LogP contribution in [0.4, 0.5) is 0 Å². The molecular formula is C17H20N2O. The molecule has 1 amide bonds. The van der Waals surface area contributed by atoms with E-state index in [1.165, 1.54) is 0 Å². The van der Waals surface area contributed by atoms with Crippen LogP contribution in [-0.2, 0) is 4.79 Å². The van der Waals surface area contributed by atoms with E-state index < -0.39 is 6.04 Å². The van der Waals surface area contributed by atoms with Crippen molar-refractivity contribution in [2.75, 3.05) is 7.05 Å². The Hall–Kier alpha value is -2.13. The van der Waals surface area contributed by atoms with E-state index in [1.54, 1.807) is 11.9 Å². The maximum atomic E-state index is 12.5. The van der Waals surface area contributed by atoms with Gasteiger partial charge >= 0.3 is 0 Å². The Morgan fingerprint density at radius 1 is 0.950 bits per heavy atom. The van der Waals surface area contributed by atoms with Crippen molar-refractivity contribution in [3.05, 3.63) is 71.8 Å². The molecular weight excluding hydrogens is 248 g/mol. The number of nitrogens with zero attached hydrogens (tertiary/aromatic N) is 1. The fraction of sp³-hybridized carbons (Fsp3) is 0.235. The molecule has 0 bridgehead atoms. The average Bonchev–Trinajstić information content (AvgIpc) is 2.53. The first-order valence-electron chi connectivity index (χ1n) is 6.73. The second-order valence-corrected chi connectivity index (χ2v) is 4.92. The molecule has 0 fully saturated rings. The van der Waals surface area contributed by atoms with E-state index in [1.807, 2.05) is 67.6 Å². The lowest BCUT2D eigenvalue weighted by Gasteiger charge is -2.28. The summed E-state index contributed by atoms with van der Waals surface area (Å²) in [6.07, 6.45) is 0. The number of carbonyl (C=O) groups excluding carboxylic acids is 1. The fourth-order valence-corrected chi connectivity index (χ4v) is 2.17. The third-order valence-corrected chi connectivity index (χ3v) is 3.64. The highest BCUT2D eigenvalue weighted by molar-refractivity contribution is 5.83. The summed E-state index contributed by atoms with van der Waals surface area (Å²) in [6, 6.07) is 18.8. The average molecular weight is 268 g/mol. The second kappa shape index (κ2) is 6.35. The summed E-state index contributed by atoms with van der Waals surface area (Å²) in [5.41, 5.74) is 8.00. The summed E-state index contributed by atoms with van der Waals surface area (Å²) in [5, 5.41) is 0. The van der Waals surface area contributed by atoms with Gasteiger partial charge in [-0.1, -0.05) is 60.7 Å². The van der Waals surface area contributed by atoms with Gasteiger partial charge in [-0.2, -0.15) is 0 Å². The number of rotatable bonds is 4. The number of likely N-dealkylation sites (N-methyl/N-ethyl adjacent to an activating group) is 1. The standard InChI is InChI=1S/C17H20N2O/c1-13(14-9-5-3-6-10-14)19(2)17(20)16(18)15-11-7-4-8-12-15/h3-13,16H,18H2,1-2H3. The van der Waals surface area contributed by atoms with Gasteiger partial charge in [0.1, 0.15) is 6.04 Å². The zero-order valence-corrected chi connectivity index (χ0v) is 11.9. The number of carbonyl (C=O) groups is 1. The number of nitrogens with two attached hydrogens (primary N) is 1. The van der Waals surface area contributed by atoms with E-state index in [4.69, 9.17) is 5.73 Å². The van der Waals surface area contributed by atoms with Crippen LogP contribution in [-0.4, -0.2) is 17.9 Å². The summed E-state index contributed by atoms with van der Waals surface area (Å²) < 4.78 is 0. The smallest absolute Gasteiger partial charge is 0.244 e. The van der Waals surface area contributed by atoms with E-state index >= 15 is 0 Å². The van der Waals surface area contributed by atoms with E-state index in [-0.39, 0.29) is 11.9 Å². The maximum absolute atomic E-state index is 12.5. The minimum Gasteiger partial charge on any atom is -0.337 e. The van der Waals surface area contributed by atoms with Crippen molar-refractivity contribution in [2.45, 2.75) is 19.0 Å². The highest BCUT2D eigenvalue weighted by Crippen LogP contribution is 2.22. The van der Waals surface area contributed by atoms with E-state index in [2.05, 4.69) is 0 Å². The Kier molecular flexibility index (Phi) is 4.53. The summed E-state index contributed by atoms with van der Waals surface area (Å²) in [7, 11) is 1.79. The Morgan fingerprint density at radius 2 is 1.40 bits per heavy atom. The number of hydrogen-bond acceptors (Lipinski definition) is 2. The third-order valence-electron chi connectivity index (χ3n) is 3.64. The van der Waals surface area contributed by atoms with E-state index in [0.29, 0.717) is 0 Å². The number of amides is 1. The summed E-state index contributed by atoms with van der Waals surface area (Å²) in [4.78, 5) is 14.2. The molecule has 0 radical (unpaired) electrons. The molecule has 3 heteroatoms. The van der Waals surface area contributed by atoms with Gasteiger partial charge in [-0.05, 0) is 18.1 Å². The lowest BCUT2D eigenvalue weighted by molar-refractivity contribution is -0.133. The van der Waals surface area contributed by atoms with Gasteiger partial charge in [-0.3, -0.25) is 4.79 Å². The molecule has 104 valence electrons. The minimum absolute atomic E-state index is 0.00142. The molecule has 2 aromatic carbocycles. The second-order valence-electron chi connectivity index (χ2n) is 4.92. The molecule has 2 aromatic rings. The molecule has 2 atom stereocenters. The van der Waals surface area contributed by atoms with Crippen molar-refractivity contribution < 1.29 is 4.79 Å². The largest absolute Gasteiger partial charge is 0.337 e. The first-order valence-corrected chi connectivity index (χ1v) is 6.73. The van der Waals surface area contributed by atoms with Gasteiger partial charge in [0.05, 0.1) is 6.04 Å². The molecule has 0 saturated heterocycles. The monoisotopic (exact) mass is 268 g/mol. The van der Waals surface area contributed by atoms with Gasteiger partial charge in [0.2, 0.25) is 5.91 Å². The Morgan fingerprint density at radius 3 is 1.90 bits per heavy atom. The fourth-order valence-electron chi connectivity index (χ4n) is 2.17. The molecule has 0 aromatic heterocycles. The molecule has 2 N–H and O–H groups in total. The van der Waals surface area contributed by atoms with Crippen LogP contribution in [0.2, 0.25) is 0 Å². The lowest BCUT2D eigenvalue weighted by atomic mass is 10.0. The van der Waals surface area contributed by atoms with Crippen molar-refractivity contribution in [1.29, 1.82) is 0 Å². The lowest BCUT2D eigenvalue weighted by Crippen LogP contribution is -2.37. The molecule has 3 nitrogen and oxygen atoms in total. The zero-order chi connectivity index (χ0) is 14.5. The van der Waals surface area contributed by atoms with Crippen LogP contribution in [0.15, 0.2) is 60.7 Å². The van der Waals surface area contributed by atoms with Gasteiger partial charge in [0.25, 0.3) is 0 Å². The predicted molar refractivity (Wildman–Crippen MR) is 81.0 cm³/mol. The van der Waals surface area contributed by atoms with Crippen molar-refractivity contribution in [3.63, 3.8) is 0 Å². The van der Waals surface area contributed by atoms with E-state index in [0.717, 1.165) is 11.1 Å². The van der Waals surface area contributed by atoms with Gasteiger partial charge in [-0.25, -0.2) is 0 Å². The van der Waals surface area contributed by atoms with Crippen LogP contribution in [0.3, 0.4) is 0 Å². The summed E-state index contributed by atoms with van der Waals surface area (Å²) in [5.74, 6) is -0.0763. The topological polar surface area (TPSA) is 46.3 Å². The highest BCUT2D eigenvalue weighted by atomic mass is 16.2. The highest BCUT2D eigenvalue weighted by Gasteiger charge is 2.23. The van der Waals surface area contributed by atoms with Crippen LogP contribution in [0.25, 0.3) is 0 Å². The van der Waals surface area contributed by atoms with Crippen molar-refractivity contribution in [2.24, 2.45) is 5.73 Å². The van der Waals surface area contributed by atoms with Crippen molar-refractivity contribution in [1.82, 2.24) is 4.90 Å². The van der Waals surface area contributed by atoms with Crippen LogP contribution in [0, 0.1) is 0 Å². The SMILES string of the molecule is CC(c1ccccc1)N(C)C(=O)C(N)c1ccccc1. The normalized spacial score (nSPS) is 13.6. The molecule has 0 saturated carbocycles. The Bertz CT molecular complexity index is 554. The Balaban J connectivity index is 2.13. The summed E-state index contributed by atoms with van der Waals surface area (Å²) in [6.45, 7) is 2.00. The number of benzene rings is 2. The molecule has 0 spiro atoms. The van der Waals surface area contributed by atoms with Crippen molar-refractivity contribution in [3.8, 4) is 0 Å². The van der Waals surface area contributed by atoms with Crippen LogP contribution < -0.4 is 5.73 Å². The molecule has 0 aliphatic heterocycles. The molecule has 0 aliphatic carbocycles. The van der Waals surface area contributed by atoms with E-state index in [9.17, 15) is 4.79 Å². The van der Waals surface area contributed by atoms with Gasteiger partial charge in [-0.15, -0.1) is 0 Å². The van der Waals surface area contributed by atoms with Crippen LogP contribution in [0.5, 0.6) is 0 Å².